The maximum Gasteiger partial charge on any atom is 0.426 e. The molecule has 46 heavy (non-hydrogen) atoms. The molecule has 4 aromatic rings. The van der Waals surface area contributed by atoms with E-state index in [2.05, 4.69) is 37.6 Å². The Balaban J connectivity index is 1.78. The minimum absolute atomic E-state index is 0.00821. The second kappa shape index (κ2) is 13.7. The first-order chi connectivity index (χ1) is 21.7. The SMILES string of the molecule is C=CC(=O)Nc1cc(Nc2nccc(-c3cn(C)c4ccccc34)n2)c(OCC(F)(F)F)nc1N(CC)NC(=O)OC(C)(C)CC. The van der Waals surface area contributed by atoms with Gasteiger partial charge in [-0.25, -0.2) is 20.2 Å². The number of carbonyl (C=O) groups is 2. The van der Waals surface area contributed by atoms with Crippen molar-refractivity contribution >= 4 is 46.0 Å². The van der Waals surface area contributed by atoms with Crippen LogP contribution in [0.4, 0.5) is 41.1 Å². The topological polar surface area (TPSA) is 136 Å². The van der Waals surface area contributed by atoms with Gasteiger partial charge >= 0.3 is 12.3 Å². The van der Waals surface area contributed by atoms with E-state index in [4.69, 9.17) is 9.47 Å². The van der Waals surface area contributed by atoms with Gasteiger partial charge in [-0.15, -0.1) is 0 Å². The van der Waals surface area contributed by atoms with Crippen LogP contribution in [0, 0.1) is 0 Å². The molecule has 3 aromatic heterocycles. The van der Waals surface area contributed by atoms with Crippen LogP contribution in [-0.2, 0) is 16.6 Å². The average molecular weight is 641 g/mol. The molecule has 0 aliphatic carbocycles. The Morgan fingerprint density at radius 1 is 1.11 bits per heavy atom. The van der Waals surface area contributed by atoms with Gasteiger partial charge in [0.15, 0.2) is 12.4 Å². The molecular formula is C31H35F3N8O4. The standard InChI is InChI=1S/C31H35F3N8O4/c1-7-25(43)36-22-16-23(38-28-35-15-14-21(37-28)20-17-41(6)24-13-11-10-12-19(20)24)27(45-18-31(32,33)34)39-26(22)42(9-3)40-29(44)46-30(4,5)8-2/h7,10-17H,1,8-9,18H2,2-6H3,(H,36,43)(H,40,44)(H,35,37,38). The predicted molar refractivity (Wildman–Crippen MR) is 169 cm³/mol. The highest BCUT2D eigenvalue weighted by Gasteiger charge is 2.31. The molecule has 0 saturated heterocycles. The van der Waals surface area contributed by atoms with Crippen molar-refractivity contribution in [3.63, 3.8) is 0 Å². The fourth-order valence-electron chi connectivity index (χ4n) is 4.29. The number of nitrogens with zero attached hydrogens (tertiary/aromatic N) is 5. The summed E-state index contributed by atoms with van der Waals surface area (Å²) in [4.78, 5) is 38.2. The number of anilines is 4. The highest BCUT2D eigenvalue weighted by Crippen LogP contribution is 2.36. The monoisotopic (exact) mass is 640 g/mol. The summed E-state index contributed by atoms with van der Waals surface area (Å²) in [5.41, 5.74) is 3.98. The lowest BCUT2D eigenvalue weighted by Crippen LogP contribution is -2.46. The molecule has 12 nitrogen and oxygen atoms in total. The van der Waals surface area contributed by atoms with Gasteiger partial charge in [-0.05, 0) is 51.5 Å². The highest BCUT2D eigenvalue weighted by atomic mass is 19.4. The summed E-state index contributed by atoms with van der Waals surface area (Å²) in [6.07, 6.45) is -0.605. The van der Waals surface area contributed by atoms with Crippen LogP contribution in [0.1, 0.15) is 34.1 Å². The lowest BCUT2D eigenvalue weighted by Gasteiger charge is -2.29. The quantitative estimate of drug-likeness (QED) is 0.117. The molecule has 4 rings (SSSR count). The molecule has 0 aliphatic heterocycles. The largest absolute Gasteiger partial charge is 0.466 e. The number of nitrogens with one attached hydrogen (secondary N) is 3. The second-order valence-electron chi connectivity index (χ2n) is 10.7. The Morgan fingerprint density at radius 2 is 1.85 bits per heavy atom. The molecular weight excluding hydrogens is 605 g/mol. The van der Waals surface area contributed by atoms with E-state index in [1.807, 2.05) is 49.0 Å². The third-order valence-corrected chi connectivity index (χ3v) is 6.88. The lowest BCUT2D eigenvalue weighted by molar-refractivity contribution is -0.153. The van der Waals surface area contributed by atoms with E-state index < -0.39 is 36.3 Å². The summed E-state index contributed by atoms with van der Waals surface area (Å²) in [5.74, 6) is -1.24. The van der Waals surface area contributed by atoms with Gasteiger partial charge in [0, 0.05) is 42.5 Å². The van der Waals surface area contributed by atoms with Gasteiger partial charge in [0.25, 0.3) is 0 Å². The Hall–Kier alpha value is -5.34. The number of hydrogen-bond donors (Lipinski definition) is 3. The van der Waals surface area contributed by atoms with Crippen LogP contribution in [0.25, 0.3) is 22.2 Å². The molecule has 0 atom stereocenters. The number of fused-ring (bicyclic) bond motifs is 1. The van der Waals surface area contributed by atoms with Gasteiger partial charge in [-0.1, -0.05) is 31.7 Å². The lowest BCUT2D eigenvalue weighted by atomic mass is 10.1. The molecule has 244 valence electrons. The molecule has 0 fully saturated rings. The fourth-order valence-corrected chi connectivity index (χ4v) is 4.29. The van der Waals surface area contributed by atoms with Crippen LogP contribution in [0.3, 0.4) is 0 Å². The summed E-state index contributed by atoms with van der Waals surface area (Å²) >= 11 is 0. The molecule has 1 aromatic carbocycles. The zero-order valence-electron chi connectivity index (χ0n) is 26.0. The number of rotatable bonds is 12. The zero-order chi connectivity index (χ0) is 33.6. The summed E-state index contributed by atoms with van der Waals surface area (Å²) in [6.45, 7) is 8.79. The van der Waals surface area contributed by atoms with Gasteiger partial charge in [0.2, 0.25) is 17.7 Å². The molecule has 15 heteroatoms. The van der Waals surface area contributed by atoms with Gasteiger partial charge < -0.3 is 24.7 Å². The normalized spacial score (nSPS) is 11.6. The van der Waals surface area contributed by atoms with E-state index in [1.54, 1.807) is 26.8 Å². The molecule has 0 bridgehead atoms. The fraction of sp³-hybridized carbons (Fsp3) is 0.323. The van der Waals surface area contributed by atoms with Crippen molar-refractivity contribution in [3.05, 3.63) is 61.4 Å². The number of amides is 2. The number of aryl methyl sites for hydroxylation is 1. The Labute approximate surface area is 263 Å². The van der Waals surface area contributed by atoms with Crippen molar-refractivity contribution in [2.45, 2.75) is 45.9 Å². The molecule has 0 spiro atoms. The predicted octanol–water partition coefficient (Wildman–Crippen LogP) is 6.50. The van der Waals surface area contributed by atoms with Crippen molar-refractivity contribution in [2.75, 3.05) is 28.8 Å². The third kappa shape index (κ3) is 8.22. The molecule has 0 aliphatic rings. The minimum atomic E-state index is -4.70. The first kappa shape index (κ1) is 33.6. The number of halogens is 3. The summed E-state index contributed by atoms with van der Waals surface area (Å²) in [6, 6.07) is 10.7. The van der Waals surface area contributed by atoms with Crippen molar-refractivity contribution < 1.29 is 32.2 Å². The maximum absolute atomic E-state index is 13.3. The number of ether oxygens (including phenoxy) is 2. The molecule has 2 amide bonds. The summed E-state index contributed by atoms with van der Waals surface area (Å²) < 4.78 is 52.4. The van der Waals surface area contributed by atoms with Crippen LogP contribution in [-0.4, -0.2) is 56.4 Å². The van der Waals surface area contributed by atoms with Crippen molar-refractivity contribution in [1.29, 1.82) is 0 Å². The summed E-state index contributed by atoms with van der Waals surface area (Å²) in [5, 5.41) is 7.60. The number of hydrazine groups is 1. The minimum Gasteiger partial charge on any atom is -0.466 e. The number of hydrogen-bond acceptors (Lipinski definition) is 9. The highest BCUT2D eigenvalue weighted by molar-refractivity contribution is 6.01. The number of pyridine rings is 1. The van der Waals surface area contributed by atoms with Crippen molar-refractivity contribution in [2.24, 2.45) is 7.05 Å². The number of aromatic nitrogens is 4. The second-order valence-corrected chi connectivity index (χ2v) is 10.7. The van der Waals surface area contributed by atoms with Crippen LogP contribution in [0.2, 0.25) is 0 Å². The Kier molecular flexibility index (Phi) is 10.0. The number of carbonyl (C=O) groups excluding carboxylic acids is 2. The number of para-hydroxylation sites is 1. The van der Waals surface area contributed by atoms with Crippen LogP contribution >= 0.6 is 0 Å². The van der Waals surface area contributed by atoms with Crippen molar-refractivity contribution in [3.8, 4) is 17.1 Å². The zero-order valence-corrected chi connectivity index (χ0v) is 26.0. The molecule has 0 saturated carbocycles. The van der Waals surface area contributed by atoms with E-state index >= 15 is 0 Å². The maximum atomic E-state index is 13.3. The van der Waals surface area contributed by atoms with Crippen LogP contribution in [0.15, 0.2) is 61.4 Å². The van der Waals surface area contributed by atoms with Crippen LogP contribution < -0.4 is 25.8 Å². The Bertz CT molecular complexity index is 1740. The van der Waals surface area contributed by atoms with E-state index in [1.165, 1.54) is 17.3 Å². The van der Waals surface area contributed by atoms with Crippen LogP contribution in [0.5, 0.6) is 5.88 Å². The van der Waals surface area contributed by atoms with E-state index in [0.717, 1.165) is 22.5 Å². The smallest absolute Gasteiger partial charge is 0.426 e. The first-order valence-corrected chi connectivity index (χ1v) is 14.3. The first-order valence-electron chi connectivity index (χ1n) is 14.3. The van der Waals surface area contributed by atoms with Gasteiger partial charge in [-0.2, -0.15) is 18.2 Å². The molecule has 0 radical (unpaired) electrons. The average Bonchev–Trinajstić information content (AvgIpc) is 3.35. The van der Waals surface area contributed by atoms with Gasteiger partial charge in [0.05, 0.1) is 11.4 Å². The van der Waals surface area contributed by atoms with E-state index in [-0.39, 0.29) is 29.7 Å². The number of alkyl halides is 3. The number of benzene rings is 1. The van der Waals surface area contributed by atoms with E-state index in [0.29, 0.717) is 12.1 Å². The Morgan fingerprint density at radius 3 is 2.52 bits per heavy atom. The third-order valence-electron chi connectivity index (χ3n) is 6.88. The van der Waals surface area contributed by atoms with Crippen molar-refractivity contribution in [1.82, 2.24) is 24.9 Å². The van der Waals surface area contributed by atoms with Gasteiger partial charge in [0.1, 0.15) is 11.3 Å². The van der Waals surface area contributed by atoms with Gasteiger partial charge in [-0.3, -0.25) is 9.80 Å². The molecule has 3 heterocycles. The molecule has 3 N–H and O–H groups in total. The summed E-state index contributed by atoms with van der Waals surface area (Å²) in [7, 11) is 1.90. The molecule has 0 unspecified atom stereocenters. The van der Waals surface area contributed by atoms with E-state index in [9.17, 15) is 22.8 Å².